The number of phenolic OH excluding ortho intramolecular Hbond substituents is 1. The molecular weight excluding hydrogens is 366 g/mol. The Morgan fingerprint density at radius 2 is 1.97 bits per heavy atom. The van der Waals surface area contributed by atoms with Crippen LogP contribution in [-0.4, -0.2) is 53.4 Å². The molecule has 2 saturated heterocycles. The van der Waals surface area contributed by atoms with E-state index in [1.54, 1.807) is 25.3 Å². The monoisotopic (exact) mass is 393 g/mol. The quantitative estimate of drug-likeness (QED) is 0.676. The van der Waals surface area contributed by atoms with Crippen molar-refractivity contribution < 1.29 is 9.90 Å². The minimum atomic E-state index is -0.194. The summed E-state index contributed by atoms with van der Waals surface area (Å²) in [5.74, 6) is 0.764. The molecule has 2 fully saturated rings. The van der Waals surface area contributed by atoms with E-state index in [9.17, 15) is 9.90 Å². The number of carbonyl (C=O) groups excluding carboxylic acids is 1. The van der Waals surface area contributed by atoms with E-state index in [1.807, 2.05) is 18.2 Å². The predicted octanol–water partition coefficient (Wildman–Crippen LogP) is 2.33. The van der Waals surface area contributed by atoms with Crippen molar-refractivity contribution in [2.75, 3.05) is 19.0 Å². The number of nitrogens with one attached hydrogen (secondary N) is 2. The molecule has 0 radical (unpaired) electrons. The minimum Gasteiger partial charge on any atom is -0.507 e. The van der Waals surface area contributed by atoms with Gasteiger partial charge in [0.15, 0.2) is 5.82 Å². The fraction of sp³-hybridized carbons (Fsp3) is 0.409. The first-order valence-electron chi connectivity index (χ1n) is 10.1. The Kier molecular flexibility index (Phi) is 5.49. The summed E-state index contributed by atoms with van der Waals surface area (Å²) in [6.07, 6.45) is 7.90. The van der Waals surface area contributed by atoms with E-state index < -0.39 is 0 Å². The van der Waals surface area contributed by atoms with Gasteiger partial charge in [-0.15, -0.1) is 10.2 Å². The summed E-state index contributed by atoms with van der Waals surface area (Å²) < 4.78 is 0. The van der Waals surface area contributed by atoms with Crippen LogP contribution in [0.3, 0.4) is 0 Å². The van der Waals surface area contributed by atoms with Crippen LogP contribution in [0.25, 0.3) is 17.3 Å². The van der Waals surface area contributed by atoms with E-state index in [4.69, 9.17) is 0 Å². The number of rotatable bonds is 5. The van der Waals surface area contributed by atoms with Gasteiger partial charge in [-0.25, -0.2) is 0 Å². The van der Waals surface area contributed by atoms with Crippen LogP contribution in [0.4, 0.5) is 5.82 Å². The van der Waals surface area contributed by atoms with Crippen LogP contribution < -0.4 is 15.5 Å². The Balaban J connectivity index is 1.47. The number of carbonyl (C=O) groups is 1. The fourth-order valence-corrected chi connectivity index (χ4v) is 4.31. The number of phenols is 1. The van der Waals surface area contributed by atoms with Crippen molar-refractivity contribution in [2.24, 2.45) is 0 Å². The molecule has 2 aliphatic rings. The number of amides is 1. The summed E-state index contributed by atoms with van der Waals surface area (Å²) in [6.45, 7) is 0. The van der Waals surface area contributed by atoms with Gasteiger partial charge in [-0.2, -0.15) is 0 Å². The maximum absolute atomic E-state index is 11.3. The molecule has 2 aromatic rings. The van der Waals surface area contributed by atoms with Crippen molar-refractivity contribution in [3.63, 3.8) is 0 Å². The molecule has 1 aromatic carbocycles. The van der Waals surface area contributed by atoms with Gasteiger partial charge in [0.05, 0.1) is 5.69 Å². The molecule has 3 atom stereocenters. The van der Waals surface area contributed by atoms with Crippen LogP contribution in [-0.2, 0) is 4.79 Å². The molecule has 4 rings (SSSR count). The van der Waals surface area contributed by atoms with Crippen molar-refractivity contribution in [3.05, 3.63) is 42.0 Å². The summed E-state index contributed by atoms with van der Waals surface area (Å²) in [7, 11) is 3.66. The summed E-state index contributed by atoms with van der Waals surface area (Å²) in [5, 5.41) is 25.3. The molecular formula is C22H27N5O2. The predicted molar refractivity (Wildman–Crippen MR) is 114 cm³/mol. The molecule has 1 aromatic heterocycles. The molecule has 7 nitrogen and oxygen atoms in total. The lowest BCUT2D eigenvalue weighted by molar-refractivity contribution is -0.115. The normalized spacial score (nSPS) is 23.3. The molecule has 2 bridgehead atoms. The van der Waals surface area contributed by atoms with Crippen LogP contribution >= 0.6 is 0 Å². The summed E-state index contributed by atoms with van der Waals surface area (Å²) >= 11 is 0. The van der Waals surface area contributed by atoms with Crippen molar-refractivity contribution in [2.45, 2.75) is 43.8 Å². The van der Waals surface area contributed by atoms with Gasteiger partial charge in [-0.3, -0.25) is 4.79 Å². The Morgan fingerprint density at radius 1 is 1.21 bits per heavy atom. The summed E-state index contributed by atoms with van der Waals surface area (Å²) in [4.78, 5) is 13.5. The molecule has 2 aliphatic heterocycles. The standard InChI is InChI=1S/C22H27N5O2/c1-23-22(29)10-4-14-3-7-18(20(28)11-14)19-8-9-21(26-25-19)27(2)17-12-15-5-6-16(13-17)24-15/h3-4,7-11,15-17,24,28H,5-6,12-13H2,1-2H3,(H,23,29)/b10-4+/t15-,16+,17?. The lowest BCUT2D eigenvalue weighted by atomic mass is 9.98. The molecule has 1 amide bonds. The molecule has 152 valence electrons. The van der Waals surface area contributed by atoms with Crippen LogP contribution in [0.2, 0.25) is 0 Å². The van der Waals surface area contributed by atoms with E-state index in [2.05, 4.69) is 32.8 Å². The van der Waals surface area contributed by atoms with Gasteiger partial charge in [-0.1, -0.05) is 6.07 Å². The van der Waals surface area contributed by atoms with Gasteiger partial charge in [0.25, 0.3) is 0 Å². The van der Waals surface area contributed by atoms with E-state index in [0.717, 1.165) is 24.2 Å². The second-order valence-corrected chi connectivity index (χ2v) is 7.87. The van der Waals surface area contributed by atoms with Gasteiger partial charge < -0.3 is 20.6 Å². The largest absolute Gasteiger partial charge is 0.507 e. The number of aromatic nitrogens is 2. The number of likely N-dealkylation sites (N-methyl/N-ethyl adjacent to an activating group) is 1. The SMILES string of the molecule is CNC(=O)/C=C/c1ccc(-c2ccc(N(C)C3C[C@H]4CC[C@@H](C3)N4)nn2)c(O)c1. The zero-order valence-corrected chi connectivity index (χ0v) is 16.8. The van der Waals surface area contributed by atoms with E-state index >= 15 is 0 Å². The summed E-state index contributed by atoms with van der Waals surface area (Å²) in [5.41, 5.74) is 1.97. The maximum atomic E-state index is 11.3. The Hall–Kier alpha value is -2.93. The van der Waals surface area contributed by atoms with Gasteiger partial charge in [-0.05, 0) is 61.6 Å². The smallest absolute Gasteiger partial charge is 0.243 e. The molecule has 0 saturated carbocycles. The number of anilines is 1. The second kappa shape index (κ2) is 8.21. The molecule has 0 spiro atoms. The third-order valence-electron chi connectivity index (χ3n) is 5.98. The second-order valence-electron chi connectivity index (χ2n) is 7.87. The van der Waals surface area contributed by atoms with Gasteiger partial charge >= 0.3 is 0 Å². The van der Waals surface area contributed by atoms with Crippen LogP contribution in [0.5, 0.6) is 5.75 Å². The molecule has 0 aliphatic carbocycles. The van der Waals surface area contributed by atoms with Crippen molar-refractivity contribution >= 4 is 17.8 Å². The van der Waals surface area contributed by atoms with Gasteiger partial charge in [0.2, 0.25) is 5.91 Å². The first kappa shape index (κ1) is 19.4. The van der Waals surface area contributed by atoms with Crippen LogP contribution in [0.1, 0.15) is 31.2 Å². The van der Waals surface area contributed by atoms with Gasteiger partial charge in [0.1, 0.15) is 5.75 Å². The Labute approximate surface area is 170 Å². The Bertz CT molecular complexity index is 900. The van der Waals surface area contributed by atoms with Crippen molar-refractivity contribution in [3.8, 4) is 17.0 Å². The molecule has 1 unspecified atom stereocenters. The number of hydrogen-bond acceptors (Lipinski definition) is 6. The fourth-order valence-electron chi connectivity index (χ4n) is 4.31. The lowest BCUT2D eigenvalue weighted by Gasteiger charge is -2.36. The molecule has 7 heteroatoms. The number of fused-ring (bicyclic) bond motifs is 2. The zero-order valence-electron chi connectivity index (χ0n) is 16.8. The Morgan fingerprint density at radius 3 is 2.59 bits per heavy atom. The van der Waals surface area contributed by atoms with Crippen molar-refractivity contribution in [1.29, 1.82) is 0 Å². The number of piperidine rings is 1. The minimum absolute atomic E-state index is 0.106. The van der Waals surface area contributed by atoms with E-state index in [1.165, 1.54) is 18.9 Å². The number of nitrogens with zero attached hydrogens (tertiary/aromatic N) is 3. The molecule has 29 heavy (non-hydrogen) atoms. The van der Waals surface area contributed by atoms with Gasteiger partial charge in [0, 0.05) is 43.9 Å². The third kappa shape index (κ3) is 4.24. The van der Waals surface area contributed by atoms with E-state index in [-0.39, 0.29) is 11.7 Å². The number of hydrogen-bond donors (Lipinski definition) is 3. The zero-order chi connectivity index (χ0) is 20.4. The van der Waals surface area contributed by atoms with E-state index in [0.29, 0.717) is 29.4 Å². The van der Waals surface area contributed by atoms with Crippen LogP contribution in [0.15, 0.2) is 36.4 Å². The topological polar surface area (TPSA) is 90.4 Å². The highest BCUT2D eigenvalue weighted by Gasteiger charge is 2.35. The highest BCUT2D eigenvalue weighted by atomic mass is 16.3. The highest BCUT2D eigenvalue weighted by Crippen LogP contribution is 2.32. The average molecular weight is 393 g/mol. The number of benzene rings is 1. The van der Waals surface area contributed by atoms with Crippen molar-refractivity contribution in [1.82, 2.24) is 20.8 Å². The average Bonchev–Trinajstić information content (AvgIpc) is 3.09. The lowest BCUT2D eigenvalue weighted by Crippen LogP contribution is -2.47. The molecule has 3 heterocycles. The third-order valence-corrected chi connectivity index (χ3v) is 5.98. The molecule has 3 N–H and O–H groups in total. The first-order chi connectivity index (χ1) is 14.0. The number of aromatic hydroxyl groups is 1. The summed E-state index contributed by atoms with van der Waals surface area (Å²) in [6, 6.07) is 10.8. The maximum Gasteiger partial charge on any atom is 0.243 e. The first-order valence-corrected chi connectivity index (χ1v) is 10.1. The van der Waals surface area contributed by atoms with Crippen LogP contribution in [0, 0.1) is 0 Å². The highest BCUT2D eigenvalue weighted by molar-refractivity contribution is 5.91.